The number of carbonyl (C=O) groups excluding carboxylic acids is 1. The highest BCUT2D eigenvalue weighted by atomic mass is 19.4. The first kappa shape index (κ1) is 12.7. The van der Waals surface area contributed by atoms with E-state index in [2.05, 4.69) is 10.1 Å². The minimum absolute atomic E-state index is 0.0985. The molecule has 0 bridgehead atoms. The third-order valence-electron chi connectivity index (χ3n) is 2.59. The van der Waals surface area contributed by atoms with Crippen molar-refractivity contribution in [1.29, 1.82) is 0 Å². The lowest BCUT2D eigenvalue weighted by Gasteiger charge is -2.22. The number of benzene rings is 1. The van der Waals surface area contributed by atoms with Crippen LogP contribution in [0.5, 0.6) is 0 Å². The Balaban J connectivity index is 0.000000138. The smallest absolute Gasteiger partial charge is 0.417 e. The number of fused-ring (bicyclic) bond motifs is 1. The number of aliphatic hydroxyl groups is 1. The van der Waals surface area contributed by atoms with E-state index in [0.717, 1.165) is 11.6 Å². The molecule has 1 fully saturated rings. The molecule has 3 aliphatic rings. The first-order chi connectivity index (χ1) is 8.41. The molecule has 2 N–H and O–H groups in total. The second-order valence-electron chi connectivity index (χ2n) is 3.85. The van der Waals surface area contributed by atoms with Crippen LogP contribution >= 0.6 is 0 Å². The second kappa shape index (κ2) is 4.49. The van der Waals surface area contributed by atoms with Crippen LogP contribution in [0, 0.1) is 0 Å². The van der Waals surface area contributed by atoms with Crippen LogP contribution < -0.4 is 5.32 Å². The molecule has 98 valence electrons. The van der Waals surface area contributed by atoms with Crippen molar-refractivity contribution < 1.29 is 27.8 Å². The van der Waals surface area contributed by atoms with Crippen molar-refractivity contribution in [2.45, 2.75) is 12.3 Å². The first-order valence-electron chi connectivity index (χ1n) is 5.19. The van der Waals surface area contributed by atoms with Gasteiger partial charge in [-0.1, -0.05) is 12.1 Å². The van der Waals surface area contributed by atoms with Crippen molar-refractivity contribution in [3.63, 3.8) is 0 Å². The van der Waals surface area contributed by atoms with Crippen molar-refractivity contribution >= 4 is 6.09 Å². The summed E-state index contributed by atoms with van der Waals surface area (Å²) in [4.78, 5) is 10.2. The Morgan fingerprint density at radius 3 is 2.33 bits per heavy atom. The summed E-state index contributed by atoms with van der Waals surface area (Å²) >= 11 is 0. The van der Waals surface area contributed by atoms with E-state index in [1.54, 1.807) is 6.07 Å². The van der Waals surface area contributed by atoms with Gasteiger partial charge >= 0.3 is 12.3 Å². The number of alkyl halides is 3. The number of nitrogens with one attached hydrogen (secondary N) is 1. The lowest BCUT2D eigenvalue weighted by molar-refractivity contribution is -0.137. The molecule has 0 spiro atoms. The van der Waals surface area contributed by atoms with Gasteiger partial charge in [-0.2, -0.15) is 13.2 Å². The Morgan fingerprint density at radius 2 is 2.17 bits per heavy atom. The molecule has 1 heterocycles. The Kier molecular flexibility index (Phi) is 3.16. The van der Waals surface area contributed by atoms with Gasteiger partial charge in [-0.05, 0) is 17.2 Å². The van der Waals surface area contributed by atoms with Crippen molar-refractivity contribution in [3.05, 3.63) is 23.8 Å². The minimum atomic E-state index is -4.15. The third-order valence-corrected chi connectivity index (χ3v) is 2.59. The average molecular weight is 261 g/mol. The summed E-state index contributed by atoms with van der Waals surface area (Å²) in [5.41, 5.74) is 0.616. The lowest BCUT2D eigenvalue weighted by atomic mass is 9.86. The summed E-state index contributed by atoms with van der Waals surface area (Å²) < 4.78 is 40.0. The van der Waals surface area contributed by atoms with Crippen molar-refractivity contribution in [3.8, 4) is 11.1 Å². The van der Waals surface area contributed by atoms with Crippen LogP contribution in [0.25, 0.3) is 11.1 Å². The Morgan fingerprint density at radius 1 is 1.44 bits per heavy atom. The lowest BCUT2D eigenvalue weighted by Crippen LogP contribution is -2.17. The standard InChI is InChI=1S/C7H3F3.C4H7NO3/c8-7(9,10)6-3-4-1-2-5(4)6;6-2-3-1-5-4(7)8-3/h1-3H;3,6H,1-2H2,(H,5,7). The number of amides is 1. The fourth-order valence-corrected chi connectivity index (χ4v) is 1.56. The Labute approximate surface area is 100 Å². The molecular weight excluding hydrogens is 251 g/mol. The summed E-state index contributed by atoms with van der Waals surface area (Å²) in [5.74, 6) is 0. The van der Waals surface area contributed by atoms with Gasteiger partial charge in [-0.15, -0.1) is 0 Å². The molecule has 18 heavy (non-hydrogen) atoms. The van der Waals surface area contributed by atoms with Crippen LogP contribution in [0.1, 0.15) is 5.56 Å². The maximum absolute atomic E-state index is 11.8. The topological polar surface area (TPSA) is 58.6 Å². The highest BCUT2D eigenvalue weighted by molar-refractivity contribution is 5.81. The Hall–Kier alpha value is -1.76. The van der Waals surface area contributed by atoms with E-state index in [-0.39, 0.29) is 12.7 Å². The first-order valence-corrected chi connectivity index (χ1v) is 5.19. The highest BCUT2D eigenvalue weighted by Gasteiger charge is 2.38. The zero-order valence-electron chi connectivity index (χ0n) is 9.12. The SMILES string of the molecule is FC(F)(F)c1cc2ccc1-2.O=C1NCC(CO)O1. The van der Waals surface area contributed by atoms with Crippen molar-refractivity contribution in [1.82, 2.24) is 5.32 Å². The number of aliphatic hydroxyl groups excluding tert-OH is 1. The largest absolute Gasteiger partial charge is 0.442 e. The van der Waals surface area contributed by atoms with Gasteiger partial charge in [0.2, 0.25) is 0 Å². The maximum Gasteiger partial charge on any atom is 0.417 e. The van der Waals surface area contributed by atoms with Crippen molar-refractivity contribution in [2.75, 3.05) is 13.2 Å². The number of rotatable bonds is 1. The van der Waals surface area contributed by atoms with Crippen LogP contribution in [0.3, 0.4) is 0 Å². The van der Waals surface area contributed by atoms with E-state index in [1.807, 2.05) is 0 Å². The molecule has 1 unspecified atom stereocenters. The fourth-order valence-electron chi connectivity index (χ4n) is 1.56. The van der Waals surface area contributed by atoms with Gasteiger partial charge in [-0.3, -0.25) is 0 Å². The second-order valence-corrected chi connectivity index (χ2v) is 3.85. The molecule has 0 saturated carbocycles. The van der Waals surface area contributed by atoms with E-state index in [9.17, 15) is 18.0 Å². The average Bonchev–Trinajstić information content (AvgIpc) is 2.68. The predicted molar refractivity (Wildman–Crippen MR) is 55.8 cm³/mol. The highest BCUT2D eigenvalue weighted by Crippen LogP contribution is 2.45. The van der Waals surface area contributed by atoms with Gasteiger partial charge in [-0.25, -0.2) is 4.79 Å². The van der Waals surface area contributed by atoms with Crippen LogP contribution in [-0.4, -0.2) is 30.5 Å². The van der Waals surface area contributed by atoms with E-state index < -0.39 is 17.8 Å². The normalized spacial score (nSPS) is 19.6. The maximum atomic E-state index is 11.8. The quantitative estimate of drug-likeness (QED) is 0.822. The molecule has 7 heteroatoms. The predicted octanol–water partition coefficient (Wildman–Crippen LogP) is 1.77. The zero-order chi connectivity index (χ0) is 13.3. The van der Waals surface area contributed by atoms with Crippen LogP contribution in [-0.2, 0) is 10.9 Å². The van der Waals surface area contributed by atoms with Gasteiger partial charge < -0.3 is 15.2 Å². The van der Waals surface area contributed by atoms with E-state index in [4.69, 9.17) is 5.11 Å². The van der Waals surface area contributed by atoms with E-state index in [0.29, 0.717) is 12.1 Å². The van der Waals surface area contributed by atoms with Gasteiger partial charge in [0.25, 0.3) is 0 Å². The molecule has 3 rings (SSSR count). The minimum Gasteiger partial charge on any atom is -0.442 e. The molecule has 4 nitrogen and oxygen atoms in total. The molecule has 1 amide bonds. The number of carbonyl (C=O) groups is 1. The number of hydrogen-bond acceptors (Lipinski definition) is 3. The molecule has 0 aromatic carbocycles. The van der Waals surface area contributed by atoms with Gasteiger partial charge in [0.1, 0.15) is 6.10 Å². The van der Waals surface area contributed by atoms with E-state index >= 15 is 0 Å². The summed E-state index contributed by atoms with van der Waals surface area (Å²) in [5, 5.41) is 10.8. The number of alkyl carbamates (subject to hydrolysis) is 1. The zero-order valence-corrected chi connectivity index (χ0v) is 9.12. The van der Waals surface area contributed by atoms with Gasteiger partial charge in [0.05, 0.1) is 18.7 Å². The van der Waals surface area contributed by atoms with Gasteiger partial charge in [0, 0.05) is 0 Å². The molecule has 1 aliphatic heterocycles. The van der Waals surface area contributed by atoms with Crippen LogP contribution in [0.15, 0.2) is 18.2 Å². The summed E-state index contributed by atoms with van der Waals surface area (Å²) in [6.45, 7) is 0.327. The molecule has 0 radical (unpaired) electrons. The molecular formula is C11H10F3NO3. The number of halogens is 3. The van der Waals surface area contributed by atoms with E-state index in [1.165, 1.54) is 6.07 Å². The molecule has 1 atom stereocenters. The third kappa shape index (κ3) is 2.40. The van der Waals surface area contributed by atoms with Gasteiger partial charge in [0.15, 0.2) is 0 Å². The van der Waals surface area contributed by atoms with Crippen LogP contribution in [0.2, 0.25) is 0 Å². The summed E-state index contributed by atoms with van der Waals surface area (Å²) in [7, 11) is 0. The Bertz CT molecular complexity index is 473. The van der Waals surface area contributed by atoms with Crippen LogP contribution in [0.4, 0.5) is 18.0 Å². The van der Waals surface area contributed by atoms with Crippen molar-refractivity contribution in [2.24, 2.45) is 0 Å². The number of cyclic esters (lactones) is 1. The fraction of sp³-hybridized carbons (Fsp3) is 0.364. The summed E-state index contributed by atoms with van der Waals surface area (Å²) in [6.07, 6.45) is -4.92. The number of hydrogen-bond donors (Lipinski definition) is 2. The summed E-state index contributed by atoms with van der Waals surface area (Å²) in [6, 6.07) is 4.32. The molecule has 0 aromatic rings. The monoisotopic (exact) mass is 261 g/mol. The number of ether oxygens (including phenoxy) is 1. The molecule has 1 saturated heterocycles. The molecule has 0 aromatic heterocycles. The molecule has 2 aliphatic carbocycles.